The molecule has 1 aromatic heterocycles. The van der Waals surface area contributed by atoms with Gasteiger partial charge in [-0.15, -0.1) is 0 Å². The number of pyridine rings is 1. The van der Waals surface area contributed by atoms with E-state index >= 15 is 0 Å². The second-order valence-electron chi connectivity index (χ2n) is 6.63. The number of rotatable bonds is 5. The van der Waals surface area contributed by atoms with E-state index in [2.05, 4.69) is 26.1 Å². The summed E-state index contributed by atoms with van der Waals surface area (Å²) in [7, 11) is 0. The van der Waals surface area contributed by atoms with Crippen molar-refractivity contribution < 1.29 is 18.4 Å². The van der Waals surface area contributed by atoms with Crippen molar-refractivity contribution in [2.45, 2.75) is 25.4 Å². The number of nitrogens with zero attached hydrogens (tertiary/aromatic N) is 2. The van der Waals surface area contributed by atoms with Crippen LogP contribution in [0.1, 0.15) is 40.3 Å². The van der Waals surface area contributed by atoms with Crippen molar-refractivity contribution in [1.82, 2.24) is 4.98 Å². The third-order valence-corrected chi connectivity index (χ3v) is 5.19. The number of oxime groups is 1. The van der Waals surface area contributed by atoms with Crippen LogP contribution in [0.15, 0.2) is 76.5 Å². The van der Waals surface area contributed by atoms with Gasteiger partial charge in [0.2, 0.25) is 0 Å². The Balaban J connectivity index is 2.11. The number of halogens is 4. The lowest BCUT2D eigenvalue weighted by Gasteiger charge is -2.23. The predicted molar refractivity (Wildman–Crippen MR) is 109 cm³/mol. The van der Waals surface area contributed by atoms with Gasteiger partial charge in [0.05, 0.1) is 11.3 Å². The molecule has 0 aliphatic heterocycles. The summed E-state index contributed by atoms with van der Waals surface area (Å²) >= 11 is 3.36. The SMILES string of the molecule is Cc1cc(/C(CC(c2ccc(Br)cc2)c2ccccc2C(F)(F)F)=N/O)ccn1. The van der Waals surface area contributed by atoms with Gasteiger partial charge in [-0.2, -0.15) is 13.2 Å². The van der Waals surface area contributed by atoms with E-state index in [1.807, 2.05) is 0 Å². The highest BCUT2D eigenvalue weighted by molar-refractivity contribution is 9.10. The van der Waals surface area contributed by atoms with Crippen LogP contribution in [-0.2, 0) is 6.18 Å². The zero-order valence-electron chi connectivity index (χ0n) is 15.5. The highest BCUT2D eigenvalue weighted by Gasteiger charge is 2.35. The molecule has 0 bridgehead atoms. The lowest BCUT2D eigenvalue weighted by molar-refractivity contribution is -0.138. The van der Waals surface area contributed by atoms with Crippen LogP contribution in [-0.4, -0.2) is 15.9 Å². The van der Waals surface area contributed by atoms with Gasteiger partial charge < -0.3 is 5.21 Å². The van der Waals surface area contributed by atoms with Gasteiger partial charge >= 0.3 is 6.18 Å². The molecule has 0 radical (unpaired) electrons. The number of benzene rings is 2. The minimum absolute atomic E-state index is 0.0919. The monoisotopic (exact) mass is 462 g/mol. The Labute approximate surface area is 175 Å². The van der Waals surface area contributed by atoms with Gasteiger partial charge in [-0.05, 0) is 48.4 Å². The first-order valence-electron chi connectivity index (χ1n) is 8.85. The first kappa shape index (κ1) is 21.0. The van der Waals surface area contributed by atoms with E-state index in [1.165, 1.54) is 12.1 Å². The predicted octanol–water partition coefficient (Wildman–Crippen LogP) is 6.57. The summed E-state index contributed by atoms with van der Waals surface area (Å²) < 4.78 is 41.9. The molecule has 7 heteroatoms. The Bertz CT molecular complexity index is 1020. The molecule has 3 rings (SSSR count). The number of alkyl halides is 3. The second-order valence-corrected chi connectivity index (χ2v) is 7.54. The molecule has 0 amide bonds. The normalized spacial score (nSPS) is 13.3. The van der Waals surface area contributed by atoms with Crippen LogP contribution < -0.4 is 0 Å². The maximum Gasteiger partial charge on any atom is 0.416 e. The fourth-order valence-corrected chi connectivity index (χ4v) is 3.56. The Morgan fingerprint density at radius 2 is 1.79 bits per heavy atom. The quantitative estimate of drug-likeness (QED) is 0.264. The number of aryl methyl sites for hydroxylation is 1. The highest BCUT2D eigenvalue weighted by atomic mass is 79.9. The first-order chi connectivity index (χ1) is 13.8. The summed E-state index contributed by atoms with van der Waals surface area (Å²) in [6.07, 6.45) is -2.82. The number of aromatic nitrogens is 1. The van der Waals surface area contributed by atoms with Crippen LogP contribution in [0.25, 0.3) is 0 Å². The van der Waals surface area contributed by atoms with E-state index in [0.29, 0.717) is 16.8 Å². The summed E-state index contributed by atoms with van der Waals surface area (Å²) in [5, 5.41) is 13.0. The average Bonchev–Trinajstić information content (AvgIpc) is 2.69. The van der Waals surface area contributed by atoms with Crippen molar-refractivity contribution in [3.05, 3.63) is 99.3 Å². The topological polar surface area (TPSA) is 45.5 Å². The zero-order chi connectivity index (χ0) is 21.0. The van der Waals surface area contributed by atoms with E-state index in [4.69, 9.17) is 0 Å². The average molecular weight is 463 g/mol. The van der Waals surface area contributed by atoms with Gasteiger partial charge in [0.15, 0.2) is 0 Å². The molecular weight excluding hydrogens is 445 g/mol. The van der Waals surface area contributed by atoms with Crippen LogP contribution in [0.3, 0.4) is 0 Å². The molecule has 3 nitrogen and oxygen atoms in total. The minimum Gasteiger partial charge on any atom is -0.411 e. The molecule has 150 valence electrons. The van der Waals surface area contributed by atoms with Gasteiger partial charge in [0, 0.05) is 34.3 Å². The summed E-state index contributed by atoms with van der Waals surface area (Å²) in [6.45, 7) is 1.80. The number of hydrogen-bond donors (Lipinski definition) is 1. The molecule has 1 atom stereocenters. The third kappa shape index (κ3) is 5.03. The molecule has 0 aliphatic rings. The molecule has 2 aromatic carbocycles. The lowest BCUT2D eigenvalue weighted by atomic mass is 9.83. The second kappa shape index (κ2) is 8.78. The van der Waals surface area contributed by atoms with Crippen molar-refractivity contribution in [3.8, 4) is 0 Å². The smallest absolute Gasteiger partial charge is 0.411 e. The van der Waals surface area contributed by atoms with Crippen LogP contribution in [0.5, 0.6) is 0 Å². The van der Waals surface area contributed by atoms with E-state index in [0.717, 1.165) is 16.2 Å². The maximum absolute atomic E-state index is 13.7. The molecule has 0 saturated carbocycles. The molecule has 0 aliphatic carbocycles. The van der Waals surface area contributed by atoms with Crippen LogP contribution in [0, 0.1) is 6.92 Å². The molecule has 29 heavy (non-hydrogen) atoms. The molecule has 0 spiro atoms. The summed E-state index contributed by atoms with van der Waals surface area (Å²) in [4.78, 5) is 4.12. The van der Waals surface area contributed by atoms with E-state index in [-0.39, 0.29) is 12.0 Å². The van der Waals surface area contributed by atoms with Crippen molar-refractivity contribution in [2.75, 3.05) is 0 Å². The van der Waals surface area contributed by atoms with E-state index < -0.39 is 17.7 Å². The zero-order valence-corrected chi connectivity index (χ0v) is 17.1. The number of hydrogen-bond acceptors (Lipinski definition) is 3. The van der Waals surface area contributed by atoms with Crippen molar-refractivity contribution in [1.29, 1.82) is 0 Å². The summed E-state index contributed by atoms with van der Waals surface area (Å²) in [6, 6.07) is 16.0. The summed E-state index contributed by atoms with van der Waals surface area (Å²) in [5.41, 5.74) is 1.76. The van der Waals surface area contributed by atoms with E-state index in [9.17, 15) is 18.4 Å². The van der Waals surface area contributed by atoms with Gasteiger partial charge in [0.1, 0.15) is 0 Å². The molecule has 0 saturated heterocycles. The van der Waals surface area contributed by atoms with Crippen molar-refractivity contribution in [2.24, 2.45) is 5.16 Å². The van der Waals surface area contributed by atoms with Crippen LogP contribution in [0.4, 0.5) is 13.2 Å². The minimum atomic E-state index is -4.49. The fourth-order valence-electron chi connectivity index (χ4n) is 3.30. The highest BCUT2D eigenvalue weighted by Crippen LogP contribution is 2.39. The van der Waals surface area contributed by atoms with Gasteiger partial charge in [0.25, 0.3) is 0 Å². The molecule has 1 N–H and O–H groups in total. The van der Waals surface area contributed by atoms with Crippen LogP contribution >= 0.6 is 15.9 Å². The maximum atomic E-state index is 13.7. The largest absolute Gasteiger partial charge is 0.416 e. The molecule has 0 fully saturated rings. The fraction of sp³-hybridized carbons (Fsp3) is 0.182. The molecular formula is C22H18BrF3N2O. The van der Waals surface area contributed by atoms with Gasteiger partial charge in [-0.3, -0.25) is 4.98 Å². The Kier molecular flexibility index (Phi) is 6.37. The van der Waals surface area contributed by atoms with Crippen molar-refractivity contribution >= 4 is 21.6 Å². The molecule has 1 heterocycles. The van der Waals surface area contributed by atoms with Gasteiger partial charge in [-0.25, -0.2) is 0 Å². The third-order valence-electron chi connectivity index (χ3n) is 4.66. The molecule has 1 unspecified atom stereocenters. The van der Waals surface area contributed by atoms with Gasteiger partial charge in [-0.1, -0.05) is 51.4 Å². The Morgan fingerprint density at radius 3 is 2.41 bits per heavy atom. The van der Waals surface area contributed by atoms with Crippen LogP contribution in [0.2, 0.25) is 0 Å². The summed E-state index contributed by atoms with van der Waals surface area (Å²) in [5.74, 6) is -0.653. The molecule has 3 aromatic rings. The first-order valence-corrected chi connectivity index (χ1v) is 9.64. The standard InChI is InChI=1S/C22H18BrF3N2O/c1-14-12-16(10-11-27-14)21(28-29)13-19(15-6-8-17(23)9-7-15)18-4-2-3-5-20(18)22(24,25)26/h2-12,19,29H,13H2,1H3/b28-21+. The Morgan fingerprint density at radius 1 is 1.10 bits per heavy atom. The Hall–Kier alpha value is -2.67. The van der Waals surface area contributed by atoms with E-state index in [1.54, 1.807) is 55.6 Å². The lowest BCUT2D eigenvalue weighted by Crippen LogP contribution is -2.16. The van der Waals surface area contributed by atoms with Crippen molar-refractivity contribution in [3.63, 3.8) is 0 Å².